The highest BCUT2D eigenvalue weighted by Gasteiger charge is 2.24. The predicted octanol–water partition coefficient (Wildman–Crippen LogP) is 2.61. The van der Waals surface area contributed by atoms with E-state index in [1.54, 1.807) is 24.3 Å². The lowest BCUT2D eigenvalue weighted by Crippen LogP contribution is -2.41. The monoisotopic (exact) mass is 324 g/mol. The molecule has 1 aromatic rings. The fourth-order valence-corrected chi connectivity index (χ4v) is 3.01. The summed E-state index contributed by atoms with van der Waals surface area (Å²) in [6.07, 6.45) is 2.27. The molecular weight excluding hydrogens is 300 g/mol. The molecule has 1 aromatic carbocycles. The van der Waals surface area contributed by atoms with E-state index < -0.39 is 6.10 Å². The van der Waals surface area contributed by atoms with Gasteiger partial charge in [-0.3, -0.25) is 4.79 Å². The number of halogens is 1. The van der Waals surface area contributed by atoms with Crippen LogP contribution in [0.3, 0.4) is 0 Å². The lowest BCUT2D eigenvalue weighted by atomic mass is 9.95. The lowest BCUT2D eigenvalue weighted by molar-refractivity contribution is -0.126. The van der Waals surface area contributed by atoms with Gasteiger partial charge in [-0.2, -0.15) is 0 Å². The van der Waals surface area contributed by atoms with E-state index in [1.807, 2.05) is 0 Å². The number of aliphatic hydroxyl groups excluding tert-OH is 1. The number of amides is 1. The molecule has 1 unspecified atom stereocenters. The maximum absolute atomic E-state index is 12.2. The molecule has 122 valence electrons. The molecule has 1 fully saturated rings. The normalized spacial score (nSPS) is 18.1. The van der Waals surface area contributed by atoms with Crippen LogP contribution in [-0.4, -0.2) is 42.1 Å². The van der Waals surface area contributed by atoms with Crippen molar-refractivity contribution in [1.29, 1.82) is 0 Å². The van der Waals surface area contributed by atoms with Crippen molar-refractivity contribution in [3.63, 3.8) is 0 Å². The number of nitrogens with zero attached hydrogens (tertiary/aromatic N) is 1. The minimum atomic E-state index is -0.693. The average molecular weight is 325 g/mol. The fourth-order valence-electron chi connectivity index (χ4n) is 2.88. The molecule has 22 heavy (non-hydrogen) atoms. The van der Waals surface area contributed by atoms with Crippen molar-refractivity contribution >= 4 is 17.5 Å². The quantitative estimate of drug-likeness (QED) is 0.845. The second-order valence-corrected chi connectivity index (χ2v) is 6.36. The zero-order valence-electron chi connectivity index (χ0n) is 13.1. The van der Waals surface area contributed by atoms with Gasteiger partial charge in [0, 0.05) is 17.5 Å². The summed E-state index contributed by atoms with van der Waals surface area (Å²) in [4.78, 5) is 14.6. The van der Waals surface area contributed by atoms with Crippen molar-refractivity contribution in [2.24, 2.45) is 5.92 Å². The molecule has 0 saturated carbocycles. The van der Waals surface area contributed by atoms with Crippen molar-refractivity contribution in [2.45, 2.75) is 32.3 Å². The molecule has 0 aliphatic carbocycles. The number of piperidine rings is 1. The van der Waals surface area contributed by atoms with Gasteiger partial charge in [0.05, 0.1) is 6.10 Å². The third-order valence-electron chi connectivity index (χ3n) is 4.22. The van der Waals surface area contributed by atoms with Crippen LogP contribution in [0.4, 0.5) is 0 Å². The second kappa shape index (κ2) is 8.51. The molecule has 1 saturated heterocycles. The van der Waals surface area contributed by atoms with Gasteiger partial charge in [0.15, 0.2) is 0 Å². The number of aliphatic hydroxyl groups is 1. The van der Waals surface area contributed by atoms with Crippen molar-refractivity contribution in [3.8, 4) is 0 Å². The molecule has 1 heterocycles. The summed E-state index contributed by atoms with van der Waals surface area (Å²) in [6, 6.07) is 7.04. The van der Waals surface area contributed by atoms with E-state index in [4.69, 9.17) is 11.6 Å². The van der Waals surface area contributed by atoms with Gasteiger partial charge in [0.1, 0.15) is 0 Å². The van der Waals surface area contributed by atoms with Crippen LogP contribution in [0.25, 0.3) is 0 Å². The Balaban J connectivity index is 1.74. The maximum atomic E-state index is 12.2. The maximum Gasteiger partial charge on any atom is 0.223 e. The summed E-state index contributed by atoms with van der Waals surface area (Å²) in [5.41, 5.74) is 0.766. The molecule has 1 aliphatic rings. The molecule has 5 heteroatoms. The third kappa shape index (κ3) is 4.97. The van der Waals surface area contributed by atoms with E-state index in [9.17, 15) is 9.90 Å². The fraction of sp³-hybridized carbons (Fsp3) is 0.588. The number of rotatable bonds is 6. The molecule has 0 radical (unpaired) electrons. The second-order valence-electron chi connectivity index (χ2n) is 5.93. The van der Waals surface area contributed by atoms with Gasteiger partial charge in [-0.05, 0) is 56.6 Å². The first-order valence-corrected chi connectivity index (χ1v) is 8.41. The van der Waals surface area contributed by atoms with Gasteiger partial charge >= 0.3 is 0 Å². The van der Waals surface area contributed by atoms with Crippen molar-refractivity contribution in [3.05, 3.63) is 34.9 Å². The zero-order valence-corrected chi connectivity index (χ0v) is 13.9. The van der Waals surface area contributed by atoms with Crippen LogP contribution in [0.15, 0.2) is 24.3 Å². The Kier molecular flexibility index (Phi) is 6.68. The molecule has 2 rings (SSSR count). The Labute approximate surface area is 137 Å². The van der Waals surface area contributed by atoms with E-state index in [1.165, 1.54) is 0 Å². The van der Waals surface area contributed by atoms with Crippen LogP contribution in [0.5, 0.6) is 0 Å². The Hall–Kier alpha value is -1.10. The minimum Gasteiger partial charge on any atom is -0.387 e. The molecule has 0 spiro atoms. The average Bonchev–Trinajstić information content (AvgIpc) is 2.54. The zero-order chi connectivity index (χ0) is 15.9. The number of carbonyl (C=O) groups excluding carboxylic acids is 1. The first kappa shape index (κ1) is 17.3. The smallest absolute Gasteiger partial charge is 0.223 e. The summed E-state index contributed by atoms with van der Waals surface area (Å²) in [5, 5.41) is 13.6. The van der Waals surface area contributed by atoms with Crippen molar-refractivity contribution in [1.82, 2.24) is 10.2 Å². The van der Waals surface area contributed by atoms with Gasteiger partial charge in [-0.25, -0.2) is 0 Å². The molecule has 1 amide bonds. The predicted molar refractivity (Wildman–Crippen MR) is 88.9 cm³/mol. The van der Waals surface area contributed by atoms with Crippen LogP contribution in [-0.2, 0) is 4.79 Å². The standard InChI is InChI=1S/C17H25ClN2O2/c1-2-9-20-10-7-14(8-11-20)17(22)19-12-16(21)13-3-5-15(18)6-4-13/h3-6,14,16,21H,2,7-12H2,1H3,(H,19,22). The molecule has 2 N–H and O–H groups in total. The molecule has 1 aliphatic heterocycles. The van der Waals surface area contributed by atoms with Gasteiger partial charge in [0.2, 0.25) is 5.91 Å². The number of likely N-dealkylation sites (tertiary alicyclic amines) is 1. The van der Waals surface area contributed by atoms with Gasteiger partial charge in [-0.1, -0.05) is 30.7 Å². The van der Waals surface area contributed by atoms with Gasteiger partial charge < -0.3 is 15.3 Å². The van der Waals surface area contributed by atoms with Gasteiger partial charge in [0.25, 0.3) is 0 Å². The number of benzene rings is 1. The summed E-state index contributed by atoms with van der Waals surface area (Å²) < 4.78 is 0. The van der Waals surface area contributed by atoms with Crippen LogP contribution < -0.4 is 5.32 Å². The van der Waals surface area contributed by atoms with Crippen molar-refractivity contribution < 1.29 is 9.90 Å². The Morgan fingerprint density at radius 1 is 1.36 bits per heavy atom. The first-order valence-electron chi connectivity index (χ1n) is 8.03. The third-order valence-corrected chi connectivity index (χ3v) is 4.47. The van der Waals surface area contributed by atoms with E-state index in [-0.39, 0.29) is 18.4 Å². The van der Waals surface area contributed by atoms with Crippen LogP contribution in [0.1, 0.15) is 37.9 Å². The number of nitrogens with one attached hydrogen (secondary N) is 1. The summed E-state index contributed by atoms with van der Waals surface area (Å²) in [7, 11) is 0. The Morgan fingerprint density at radius 3 is 2.59 bits per heavy atom. The van der Waals surface area contributed by atoms with Crippen LogP contribution >= 0.6 is 11.6 Å². The first-order chi connectivity index (χ1) is 10.6. The highest BCUT2D eigenvalue weighted by atomic mass is 35.5. The summed E-state index contributed by atoms with van der Waals surface area (Å²) in [6.45, 7) is 5.52. The Bertz CT molecular complexity index is 470. The number of hydrogen-bond acceptors (Lipinski definition) is 3. The molecule has 1 atom stereocenters. The lowest BCUT2D eigenvalue weighted by Gasteiger charge is -2.31. The molecule has 0 bridgehead atoms. The van der Waals surface area contributed by atoms with Crippen molar-refractivity contribution in [2.75, 3.05) is 26.2 Å². The largest absolute Gasteiger partial charge is 0.387 e. The van der Waals surface area contributed by atoms with E-state index in [2.05, 4.69) is 17.1 Å². The molecule has 4 nitrogen and oxygen atoms in total. The topological polar surface area (TPSA) is 52.6 Å². The Morgan fingerprint density at radius 2 is 2.00 bits per heavy atom. The summed E-state index contributed by atoms with van der Waals surface area (Å²) >= 11 is 5.82. The highest BCUT2D eigenvalue weighted by molar-refractivity contribution is 6.30. The SMILES string of the molecule is CCCN1CCC(C(=O)NCC(O)c2ccc(Cl)cc2)CC1. The van der Waals surface area contributed by atoms with Crippen LogP contribution in [0, 0.1) is 5.92 Å². The van der Waals surface area contributed by atoms with E-state index in [0.29, 0.717) is 5.02 Å². The summed E-state index contributed by atoms with van der Waals surface area (Å²) in [5.74, 6) is 0.134. The van der Waals surface area contributed by atoms with Gasteiger partial charge in [-0.15, -0.1) is 0 Å². The molecular formula is C17H25ClN2O2. The number of hydrogen-bond donors (Lipinski definition) is 2. The van der Waals surface area contributed by atoms with E-state index >= 15 is 0 Å². The molecule has 0 aromatic heterocycles. The highest BCUT2D eigenvalue weighted by Crippen LogP contribution is 2.19. The van der Waals surface area contributed by atoms with Crippen LogP contribution in [0.2, 0.25) is 5.02 Å². The van der Waals surface area contributed by atoms with E-state index in [0.717, 1.165) is 44.5 Å². The number of carbonyl (C=O) groups is 1. The minimum absolute atomic E-state index is 0.0594.